The Morgan fingerprint density at radius 2 is 1.60 bits per heavy atom. The van der Waals surface area contributed by atoms with Gasteiger partial charge in [-0.15, -0.1) is 0 Å². The van der Waals surface area contributed by atoms with Crippen molar-refractivity contribution < 1.29 is 19.5 Å². The van der Waals surface area contributed by atoms with Crippen molar-refractivity contribution in [3.05, 3.63) is 70.4 Å². The predicted molar refractivity (Wildman–Crippen MR) is 93.6 cm³/mol. The summed E-state index contributed by atoms with van der Waals surface area (Å²) in [6.07, 6.45) is 0. The summed E-state index contributed by atoms with van der Waals surface area (Å²) in [6.45, 7) is 1.90. The fraction of sp³-hybridized carbons (Fsp3) is 0.0556. The minimum absolute atomic E-state index is 0.0460. The topological polar surface area (TPSA) is 86.7 Å². The van der Waals surface area contributed by atoms with E-state index in [1.165, 1.54) is 24.3 Å². The third-order valence-corrected chi connectivity index (χ3v) is 4.07. The summed E-state index contributed by atoms with van der Waals surface area (Å²) < 4.78 is 0. The molecule has 0 aromatic heterocycles. The van der Waals surface area contributed by atoms with Crippen LogP contribution in [0.1, 0.15) is 15.9 Å². The molecule has 0 aliphatic carbocycles. The second kappa shape index (κ2) is 6.41. The summed E-state index contributed by atoms with van der Waals surface area (Å²) in [7, 11) is 0. The first-order chi connectivity index (χ1) is 11.9. The molecule has 0 unspecified atom stereocenters. The highest BCUT2D eigenvalue weighted by atomic mass is 35.5. The van der Waals surface area contributed by atoms with Crippen LogP contribution in [0.5, 0.6) is 0 Å². The van der Waals surface area contributed by atoms with Crippen LogP contribution in [-0.4, -0.2) is 22.9 Å². The van der Waals surface area contributed by atoms with E-state index in [0.717, 1.165) is 10.5 Å². The third kappa shape index (κ3) is 3.12. The van der Waals surface area contributed by atoms with Crippen molar-refractivity contribution in [1.82, 2.24) is 0 Å². The Labute approximate surface area is 148 Å². The van der Waals surface area contributed by atoms with E-state index in [-0.39, 0.29) is 16.3 Å². The highest BCUT2D eigenvalue weighted by Gasteiger charge is 2.38. The minimum Gasteiger partial charge on any atom is -0.478 e. The zero-order valence-corrected chi connectivity index (χ0v) is 13.9. The van der Waals surface area contributed by atoms with Crippen molar-refractivity contribution >= 4 is 40.8 Å². The summed E-state index contributed by atoms with van der Waals surface area (Å²) in [6, 6.07) is 12.7. The quantitative estimate of drug-likeness (QED) is 0.822. The molecule has 6 nitrogen and oxygen atoms in total. The molecule has 0 spiro atoms. The van der Waals surface area contributed by atoms with Gasteiger partial charge in [0.1, 0.15) is 10.7 Å². The summed E-state index contributed by atoms with van der Waals surface area (Å²) >= 11 is 6.04. The Bertz CT molecular complexity index is 902. The van der Waals surface area contributed by atoms with E-state index in [9.17, 15) is 14.4 Å². The van der Waals surface area contributed by atoms with Gasteiger partial charge in [0.15, 0.2) is 0 Å². The van der Waals surface area contributed by atoms with E-state index in [1.54, 1.807) is 24.3 Å². The normalized spacial score (nSPS) is 14.2. The second-order valence-corrected chi connectivity index (χ2v) is 5.86. The number of nitrogens with one attached hydrogen (secondary N) is 1. The maximum absolute atomic E-state index is 12.6. The third-order valence-electron chi connectivity index (χ3n) is 3.72. The van der Waals surface area contributed by atoms with Crippen molar-refractivity contribution in [3.63, 3.8) is 0 Å². The molecular formula is C18H13ClN2O4. The smallest absolute Gasteiger partial charge is 0.335 e. The molecule has 1 heterocycles. The largest absolute Gasteiger partial charge is 0.478 e. The maximum Gasteiger partial charge on any atom is 0.335 e. The summed E-state index contributed by atoms with van der Waals surface area (Å²) in [5.74, 6) is -2.23. The Hall–Kier alpha value is -3.12. The number of aromatic carboxylic acids is 1. The number of aryl methyl sites for hydroxylation is 1. The molecule has 2 N–H and O–H groups in total. The lowest BCUT2D eigenvalue weighted by Crippen LogP contribution is -2.32. The number of benzene rings is 2. The molecule has 2 amide bonds. The molecule has 1 aliphatic rings. The number of carbonyl (C=O) groups is 3. The van der Waals surface area contributed by atoms with Crippen LogP contribution >= 0.6 is 11.6 Å². The molecule has 1 aliphatic heterocycles. The van der Waals surface area contributed by atoms with Crippen molar-refractivity contribution in [3.8, 4) is 0 Å². The number of carboxylic acid groups (broad SMARTS) is 1. The average Bonchev–Trinajstić information content (AvgIpc) is 2.80. The first-order valence-electron chi connectivity index (χ1n) is 7.34. The van der Waals surface area contributed by atoms with Crippen molar-refractivity contribution in [2.45, 2.75) is 6.92 Å². The zero-order chi connectivity index (χ0) is 18.1. The van der Waals surface area contributed by atoms with Crippen LogP contribution < -0.4 is 10.2 Å². The second-order valence-electron chi connectivity index (χ2n) is 5.48. The van der Waals surface area contributed by atoms with Gasteiger partial charge >= 0.3 is 5.97 Å². The lowest BCUT2D eigenvalue weighted by molar-refractivity contribution is -0.120. The fourth-order valence-electron chi connectivity index (χ4n) is 2.38. The van der Waals surface area contributed by atoms with Gasteiger partial charge in [0.2, 0.25) is 0 Å². The first kappa shape index (κ1) is 16.7. The zero-order valence-electron chi connectivity index (χ0n) is 13.1. The Balaban J connectivity index is 1.86. The molecule has 7 heteroatoms. The lowest BCUT2D eigenvalue weighted by Gasteiger charge is -2.15. The van der Waals surface area contributed by atoms with Gasteiger partial charge < -0.3 is 10.4 Å². The molecular weight excluding hydrogens is 344 g/mol. The number of carboxylic acids is 1. The van der Waals surface area contributed by atoms with Crippen LogP contribution in [0.15, 0.2) is 59.3 Å². The molecule has 25 heavy (non-hydrogen) atoms. The van der Waals surface area contributed by atoms with Gasteiger partial charge in [-0.25, -0.2) is 9.69 Å². The maximum atomic E-state index is 12.6. The van der Waals surface area contributed by atoms with Gasteiger partial charge in [-0.05, 0) is 43.3 Å². The van der Waals surface area contributed by atoms with Crippen molar-refractivity contribution in [2.75, 3.05) is 10.2 Å². The number of hydrogen-bond acceptors (Lipinski definition) is 4. The number of halogens is 1. The van der Waals surface area contributed by atoms with Gasteiger partial charge in [0, 0.05) is 5.69 Å². The molecule has 0 saturated carbocycles. The molecule has 2 aromatic rings. The SMILES string of the molecule is Cc1ccc(N2C(=O)C(Cl)=C(Nc3ccc(C(=O)O)cc3)C2=O)cc1. The average molecular weight is 357 g/mol. The van der Waals surface area contributed by atoms with E-state index < -0.39 is 17.8 Å². The van der Waals surface area contributed by atoms with Crippen molar-refractivity contribution in [2.24, 2.45) is 0 Å². The Kier molecular flexibility index (Phi) is 4.29. The van der Waals surface area contributed by atoms with Crippen LogP contribution in [0, 0.1) is 6.92 Å². The van der Waals surface area contributed by atoms with Crippen LogP contribution in [0.4, 0.5) is 11.4 Å². The number of anilines is 2. The number of nitrogens with zero attached hydrogens (tertiary/aromatic N) is 1. The van der Waals surface area contributed by atoms with Gasteiger partial charge in [-0.3, -0.25) is 9.59 Å². The van der Waals surface area contributed by atoms with Gasteiger partial charge in [-0.1, -0.05) is 29.3 Å². The summed E-state index contributed by atoms with van der Waals surface area (Å²) in [4.78, 5) is 36.8. The van der Waals surface area contributed by atoms with E-state index in [2.05, 4.69) is 5.32 Å². The highest BCUT2D eigenvalue weighted by Crippen LogP contribution is 2.30. The van der Waals surface area contributed by atoms with Crippen LogP contribution in [0.2, 0.25) is 0 Å². The van der Waals surface area contributed by atoms with Gasteiger partial charge in [0.05, 0.1) is 11.3 Å². The van der Waals surface area contributed by atoms with E-state index >= 15 is 0 Å². The number of amides is 2. The van der Waals surface area contributed by atoms with Crippen LogP contribution in [0.25, 0.3) is 0 Å². The molecule has 0 fully saturated rings. The molecule has 3 rings (SSSR count). The lowest BCUT2D eigenvalue weighted by atomic mass is 10.2. The van der Waals surface area contributed by atoms with Gasteiger partial charge in [0.25, 0.3) is 11.8 Å². The predicted octanol–water partition coefficient (Wildman–Crippen LogP) is 3.13. The molecule has 0 radical (unpaired) electrons. The van der Waals surface area contributed by atoms with E-state index in [4.69, 9.17) is 16.7 Å². The monoisotopic (exact) mass is 356 g/mol. The summed E-state index contributed by atoms with van der Waals surface area (Å²) in [5.41, 5.74) is 1.94. The van der Waals surface area contributed by atoms with E-state index in [0.29, 0.717) is 11.4 Å². The Morgan fingerprint density at radius 3 is 2.16 bits per heavy atom. The van der Waals surface area contributed by atoms with Crippen LogP contribution in [0.3, 0.4) is 0 Å². The van der Waals surface area contributed by atoms with Gasteiger partial charge in [-0.2, -0.15) is 0 Å². The fourth-order valence-corrected chi connectivity index (χ4v) is 2.59. The molecule has 0 atom stereocenters. The van der Waals surface area contributed by atoms with Crippen molar-refractivity contribution in [1.29, 1.82) is 0 Å². The molecule has 2 aromatic carbocycles. The number of carbonyl (C=O) groups excluding carboxylic acids is 2. The molecule has 0 bridgehead atoms. The summed E-state index contributed by atoms with van der Waals surface area (Å²) in [5, 5.41) is 11.5. The standard InChI is InChI=1S/C18H13ClN2O4/c1-10-2-8-13(9-3-10)21-16(22)14(19)15(17(21)23)20-12-6-4-11(5-7-12)18(24)25/h2-9,20H,1H3,(H,24,25). The van der Waals surface area contributed by atoms with E-state index in [1.807, 2.05) is 6.92 Å². The number of hydrogen-bond donors (Lipinski definition) is 2. The highest BCUT2D eigenvalue weighted by molar-refractivity contribution is 6.53. The number of rotatable bonds is 4. The van der Waals surface area contributed by atoms with Crippen LogP contribution in [-0.2, 0) is 9.59 Å². The Morgan fingerprint density at radius 1 is 1.00 bits per heavy atom. The molecule has 0 saturated heterocycles. The molecule has 126 valence electrons. The minimum atomic E-state index is -1.05. The first-order valence-corrected chi connectivity index (χ1v) is 7.72. The number of imide groups is 1.